The summed E-state index contributed by atoms with van der Waals surface area (Å²) >= 11 is 0. The monoisotopic (exact) mass is 464 g/mol. The fourth-order valence-corrected chi connectivity index (χ4v) is 4.69. The number of rotatable bonds is 7. The molecule has 168 valence electrons. The molecule has 0 fully saturated rings. The molecule has 4 N–H and O–H groups in total. The fourth-order valence-electron chi connectivity index (χ4n) is 3.36. The molecule has 9 nitrogen and oxygen atoms in total. The molecule has 4 rings (SSSR count). The topological polar surface area (TPSA) is 144 Å². The van der Waals surface area contributed by atoms with Crippen LogP contribution < -0.4 is 20.8 Å². The van der Waals surface area contributed by atoms with Crippen molar-refractivity contribution >= 4 is 32.4 Å². The maximum atomic E-state index is 13.1. The molecule has 0 atom stereocenters. The van der Waals surface area contributed by atoms with Gasteiger partial charge in [0.2, 0.25) is 0 Å². The third-order valence-corrected chi connectivity index (χ3v) is 6.46. The van der Waals surface area contributed by atoms with Crippen molar-refractivity contribution in [2.75, 3.05) is 11.3 Å². The molecule has 0 aliphatic carbocycles. The highest BCUT2D eigenvalue weighted by atomic mass is 32.2. The van der Waals surface area contributed by atoms with Gasteiger partial charge in [-0.15, -0.1) is 0 Å². The van der Waals surface area contributed by atoms with Gasteiger partial charge in [0.15, 0.2) is 6.61 Å². The van der Waals surface area contributed by atoms with E-state index in [0.29, 0.717) is 39.0 Å². The summed E-state index contributed by atoms with van der Waals surface area (Å²) in [6, 6.07) is 18.0. The molecule has 1 aromatic heterocycles. The van der Waals surface area contributed by atoms with E-state index in [4.69, 9.17) is 10.5 Å². The van der Waals surface area contributed by atoms with E-state index >= 15 is 0 Å². The Morgan fingerprint density at radius 1 is 1.06 bits per heavy atom. The number of nitrogens with two attached hydrogens (primary N) is 1. The van der Waals surface area contributed by atoms with Gasteiger partial charge in [0.25, 0.3) is 21.5 Å². The number of benzene rings is 3. The van der Waals surface area contributed by atoms with Crippen molar-refractivity contribution in [2.24, 2.45) is 5.73 Å². The van der Waals surface area contributed by atoms with Crippen LogP contribution in [0.3, 0.4) is 0 Å². The molecule has 0 radical (unpaired) electrons. The molecule has 3 aromatic carbocycles. The highest BCUT2D eigenvalue weighted by Gasteiger charge is 2.19. The van der Waals surface area contributed by atoms with Crippen LogP contribution in [0.1, 0.15) is 5.56 Å². The van der Waals surface area contributed by atoms with E-state index in [1.807, 2.05) is 0 Å². The van der Waals surface area contributed by atoms with Gasteiger partial charge in [0.05, 0.1) is 16.0 Å². The number of sulfonamides is 1. The predicted octanol–water partition coefficient (Wildman–Crippen LogP) is 2.56. The number of carbonyl (C=O) groups is 1. The van der Waals surface area contributed by atoms with Crippen LogP contribution in [-0.2, 0) is 14.8 Å². The van der Waals surface area contributed by atoms with Crippen molar-refractivity contribution in [1.82, 2.24) is 10.2 Å². The number of aromatic nitrogens is 2. The second-order valence-corrected chi connectivity index (χ2v) is 8.96. The maximum Gasteiger partial charge on any atom is 0.272 e. The molecular weight excluding hydrogens is 444 g/mol. The number of nitrogens with one attached hydrogen (secondary N) is 2. The zero-order valence-corrected chi connectivity index (χ0v) is 18.3. The molecule has 0 aliphatic heterocycles. The van der Waals surface area contributed by atoms with Crippen molar-refractivity contribution in [3.05, 3.63) is 82.6 Å². The minimum Gasteiger partial charge on any atom is -0.484 e. The Balaban J connectivity index is 1.67. The Morgan fingerprint density at radius 2 is 1.76 bits per heavy atom. The Bertz CT molecular complexity index is 1510. The number of primary amides is 1. The average Bonchev–Trinajstić information content (AvgIpc) is 2.79. The van der Waals surface area contributed by atoms with Gasteiger partial charge < -0.3 is 10.5 Å². The summed E-state index contributed by atoms with van der Waals surface area (Å²) in [6.45, 7) is 1.42. The number of fused-ring (bicyclic) bond motifs is 1. The second kappa shape index (κ2) is 8.75. The standard InChI is InChI=1S/C23H20N4O5S/c1-14-6-7-15(22-18-4-2-3-5-19(18)23(29)26-25-22)12-20(14)33(30,31)27-16-8-10-17(11-9-16)32-13-21(24)28/h2-12,27H,13H2,1H3,(H2,24,28)(H,26,29). The van der Waals surface area contributed by atoms with E-state index in [1.54, 1.807) is 43.3 Å². The summed E-state index contributed by atoms with van der Waals surface area (Å²) in [4.78, 5) is 23.0. The number of carbonyl (C=O) groups excluding carboxylic acids is 1. The predicted molar refractivity (Wildman–Crippen MR) is 124 cm³/mol. The first-order valence-electron chi connectivity index (χ1n) is 9.87. The number of anilines is 1. The zero-order valence-electron chi connectivity index (χ0n) is 17.5. The highest BCUT2D eigenvalue weighted by Crippen LogP contribution is 2.29. The molecular formula is C23H20N4O5S. The molecule has 0 bridgehead atoms. The minimum absolute atomic E-state index is 0.0751. The van der Waals surface area contributed by atoms with Crippen LogP contribution in [-0.4, -0.2) is 31.1 Å². The number of hydrogen-bond donors (Lipinski definition) is 3. The van der Waals surface area contributed by atoms with E-state index < -0.39 is 15.9 Å². The van der Waals surface area contributed by atoms with Gasteiger partial charge in [0, 0.05) is 16.6 Å². The Morgan fingerprint density at radius 3 is 2.45 bits per heavy atom. The van der Waals surface area contributed by atoms with Crippen molar-refractivity contribution in [1.29, 1.82) is 0 Å². The summed E-state index contributed by atoms with van der Waals surface area (Å²) in [5, 5.41) is 7.70. The van der Waals surface area contributed by atoms with Gasteiger partial charge in [0.1, 0.15) is 5.75 Å². The van der Waals surface area contributed by atoms with Gasteiger partial charge in [-0.1, -0.05) is 30.3 Å². The third-order valence-electron chi connectivity index (χ3n) is 4.93. The molecule has 4 aromatic rings. The lowest BCUT2D eigenvalue weighted by atomic mass is 10.0. The SMILES string of the molecule is Cc1ccc(-c2n[nH]c(=O)c3ccccc23)cc1S(=O)(=O)Nc1ccc(OCC(N)=O)cc1. The number of nitrogens with zero attached hydrogens (tertiary/aromatic N) is 1. The van der Waals surface area contributed by atoms with Crippen LogP contribution in [0.25, 0.3) is 22.0 Å². The highest BCUT2D eigenvalue weighted by molar-refractivity contribution is 7.92. The number of amides is 1. The van der Waals surface area contributed by atoms with Crippen molar-refractivity contribution in [2.45, 2.75) is 11.8 Å². The van der Waals surface area contributed by atoms with Gasteiger partial charge in [-0.25, -0.2) is 13.5 Å². The molecule has 1 heterocycles. The quantitative estimate of drug-likeness (QED) is 0.383. The fraction of sp³-hybridized carbons (Fsp3) is 0.0870. The first kappa shape index (κ1) is 22.0. The lowest BCUT2D eigenvalue weighted by Crippen LogP contribution is -2.20. The van der Waals surface area contributed by atoms with Crippen LogP contribution in [0.4, 0.5) is 5.69 Å². The molecule has 1 amide bonds. The Hall–Kier alpha value is -4.18. The maximum absolute atomic E-state index is 13.1. The largest absolute Gasteiger partial charge is 0.484 e. The summed E-state index contributed by atoms with van der Waals surface area (Å²) in [6.07, 6.45) is 0. The van der Waals surface area contributed by atoms with Crippen molar-refractivity contribution in [3.63, 3.8) is 0 Å². The van der Waals surface area contributed by atoms with Crippen LogP contribution in [0.5, 0.6) is 5.75 Å². The van der Waals surface area contributed by atoms with Crippen LogP contribution in [0, 0.1) is 6.92 Å². The van der Waals surface area contributed by atoms with Gasteiger partial charge in [-0.3, -0.25) is 14.3 Å². The Labute approximate surface area is 189 Å². The lowest BCUT2D eigenvalue weighted by Gasteiger charge is -2.13. The number of aryl methyl sites for hydroxylation is 1. The summed E-state index contributed by atoms with van der Waals surface area (Å²) in [5.74, 6) is -0.231. The van der Waals surface area contributed by atoms with E-state index in [-0.39, 0.29) is 17.1 Å². The van der Waals surface area contributed by atoms with E-state index in [2.05, 4.69) is 14.9 Å². The van der Waals surface area contributed by atoms with E-state index in [1.165, 1.54) is 30.3 Å². The van der Waals surface area contributed by atoms with Crippen LogP contribution in [0.15, 0.2) is 76.4 Å². The van der Waals surface area contributed by atoms with Gasteiger partial charge in [-0.2, -0.15) is 5.10 Å². The number of H-pyrrole nitrogens is 1. The summed E-state index contributed by atoms with van der Waals surface area (Å²) < 4.78 is 34.0. The molecule has 10 heteroatoms. The second-order valence-electron chi connectivity index (χ2n) is 7.31. The van der Waals surface area contributed by atoms with Crippen molar-refractivity contribution < 1.29 is 17.9 Å². The molecule has 33 heavy (non-hydrogen) atoms. The van der Waals surface area contributed by atoms with Crippen LogP contribution >= 0.6 is 0 Å². The molecule has 0 aliphatic rings. The average molecular weight is 465 g/mol. The van der Waals surface area contributed by atoms with Gasteiger partial charge in [-0.05, 0) is 48.9 Å². The first-order valence-corrected chi connectivity index (χ1v) is 11.4. The summed E-state index contributed by atoms with van der Waals surface area (Å²) in [5.41, 5.74) is 6.60. The van der Waals surface area contributed by atoms with E-state index in [0.717, 1.165) is 0 Å². The van der Waals surface area contributed by atoms with Crippen LogP contribution in [0.2, 0.25) is 0 Å². The smallest absolute Gasteiger partial charge is 0.272 e. The molecule has 0 saturated carbocycles. The van der Waals surface area contributed by atoms with E-state index in [9.17, 15) is 18.0 Å². The normalized spacial score (nSPS) is 11.3. The Kier molecular flexibility index (Phi) is 5.84. The summed E-state index contributed by atoms with van der Waals surface area (Å²) in [7, 11) is -3.94. The van der Waals surface area contributed by atoms with Gasteiger partial charge >= 0.3 is 0 Å². The third kappa shape index (κ3) is 4.70. The molecule has 0 unspecified atom stereocenters. The molecule has 0 saturated heterocycles. The lowest BCUT2D eigenvalue weighted by molar-refractivity contribution is -0.119. The number of ether oxygens (including phenoxy) is 1. The van der Waals surface area contributed by atoms with Crippen molar-refractivity contribution in [3.8, 4) is 17.0 Å². The number of aromatic amines is 1. The minimum atomic E-state index is -3.94. The number of hydrogen-bond acceptors (Lipinski definition) is 6. The zero-order chi connectivity index (χ0) is 23.6. The first-order chi connectivity index (χ1) is 15.7. The molecule has 0 spiro atoms.